The largest absolute Gasteiger partial charge is 0.339 e. The summed E-state index contributed by atoms with van der Waals surface area (Å²) in [7, 11) is 0. The molecule has 0 saturated carbocycles. The predicted octanol–water partition coefficient (Wildman–Crippen LogP) is 2.54. The van der Waals surface area contributed by atoms with Gasteiger partial charge in [0.1, 0.15) is 0 Å². The molecule has 0 aliphatic carbocycles. The standard InChI is InChI=1S/C14H28N2O/c1-4-12(5-2)14(17)16-9-7-6-8-13(16)10-11(3)15/h11-13H,4-10,15H2,1-3H3. The minimum absolute atomic E-state index is 0.190. The summed E-state index contributed by atoms with van der Waals surface area (Å²) in [5.41, 5.74) is 5.89. The molecule has 0 spiro atoms. The van der Waals surface area contributed by atoms with E-state index < -0.39 is 0 Å². The summed E-state index contributed by atoms with van der Waals surface area (Å²) in [6, 6.07) is 0.576. The molecule has 17 heavy (non-hydrogen) atoms. The second-order valence-corrected chi connectivity index (χ2v) is 5.41. The van der Waals surface area contributed by atoms with Crippen molar-refractivity contribution in [3.63, 3.8) is 0 Å². The molecule has 1 saturated heterocycles. The Labute approximate surface area is 106 Å². The summed E-state index contributed by atoms with van der Waals surface area (Å²) in [6.07, 6.45) is 6.39. The van der Waals surface area contributed by atoms with Crippen molar-refractivity contribution < 1.29 is 4.79 Å². The fourth-order valence-corrected chi connectivity index (χ4v) is 2.84. The van der Waals surface area contributed by atoms with Gasteiger partial charge in [0, 0.05) is 24.5 Å². The quantitative estimate of drug-likeness (QED) is 0.802. The topological polar surface area (TPSA) is 46.3 Å². The fraction of sp³-hybridized carbons (Fsp3) is 0.929. The molecule has 0 radical (unpaired) electrons. The number of amides is 1. The minimum atomic E-state index is 0.190. The molecule has 1 rings (SSSR count). The molecule has 3 heteroatoms. The Morgan fingerprint density at radius 2 is 2.00 bits per heavy atom. The molecule has 1 fully saturated rings. The lowest BCUT2D eigenvalue weighted by Gasteiger charge is -2.38. The van der Waals surface area contributed by atoms with Crippen molar-refractivity contribution in [2.45, 2.75) is 71.4 Å². The molecule has 0 aromatic heterocycles. The van der Waals surface area contributed by atoms with Gasteiger partial charge >= 0.3 is 0 Å². The maximum atomic E-state index is 12.4. The first kappa shape index (κ1) is 14.5. The van der Waals surface area contributed by atoms with Crippen LogP contribution >= 0.6 is 0 Å². The average Bonchev–Trinajstić information content (AvgIpc) is 2.30. The number of carbonyl (C=O) groups excluding carboxylic acids is 1. The Kier molecular flexibility index (Phi) is 5.96. The van der Waals surface area contributed by atoms with Gasteiger partial charge in [-0.2, -0.15) is 0 Å². The molecule has 1 amide bonds. The lowest BCUT2D eigenvalue weighted by molar-refractivity contribution is -0.139. The van der Waals surface area contributed by atoms with Crippen molar-refractivity contribution in [3.05, 3.63) is 0 Å². The lowest BCUT2D eigenvalue weighted by atomic mass is 9.93. The first-order valence-electron chi connectivity index (χ1n) is 7.16. The third kappa shape index (κ3) is 3.98. The number of rotatable bonds is 5. The van der Waals surface area contributed by atoms with Crippen LogP contribution in [0.2, 0.25) is 0 Å². The second kappa shape index (κ2) is 7.00. The van der Waals surface area contributed by atoms with E-state index in [9.17, 15) is 4.79 Å². The van der Waals surface area contributed by atoms with Crippen LogP contribution in [0.4, 0.5) is 0 Å². The second-order valence-electron chi connectivity index (χ2n) is 5.41. The van der Waals surface area contributed by atoms with E-state index in [1.54, 1.807) is 0 Å². The van der Waals surface area contributed by atoms with Crippen LogP contribution in [0.15, 0.2) is 0 Å². The number of piperidine rings is 1. The number of nitrogens with zero attached hydrogens (tertiary/aromatic N) is 1. The van der Waals surface area contributed by atoms with Gasteiger partial charge < -0.3 is 10.6 Å². The summed E-state index contributed by atoms with van der Waals surface area (Å²) >= 11 is 0. The van der Waals surface area contributed by atoms with Crippen molar-refractivity contribution in [1.82, 2.24) is 4.90 Å². The predicted molar refractivity (Wildman–Crippen MR) is 71.7 cm³/mol. The molecular formula is C14H28N2O. The Balaban J connectivity index is 2.66. The number of hydrogen-bond acceptors (Lipinski definition) is 2. The highest BCUT2D eigenvalue weighted by molar-refractivity contribution is 5.79. The van der Waals surface area contributed by atoms with Crippen molar-refractivity contribution >= 4 is 5.91 Å². The molecule has 1 heterocycles. The lowest BCUT2D eigenvalue weighted by Crippen LogP contribution is -2.48. The van der Waals surface area contributed by atoms with Gasteiger partial charge in [0.25, 0.3) is 0 Å². The van der Waals surface area contributed by atoms with Crippen LogP contribution in [0.3, 0.4) is 0 Å². The van der Waals surface area contributed by atoms with Gasteiger partial charge in [-0.1, -0.05) is 13.8 Å². The van der Waals surface area contributed by atoms with E-state index in [2.05, 4.69) is 18.7 Å². The number of nitrogens with two attached hydrogens (primary N) is 1. The molecule has 2 unspecified atom stereocenters. The van der Waals surface area contributed by atoms with Crippen LogP contribution < -0.4 is 5.73 Å². The number of hydrogen-bond donors (Lipinski definition) is 1. The van der Waals surface area contributed by atoms with Gasteiger partial charge in [0.15, 0.2) is 0 Å². The molecule has 2 N–H and O–H groups in total. The third-order valence-electron chi connectivity index (χ3n) is 3.89. The van der Waals surface area contributed by atoms with Crippen LogP contribution in [0.5, 0.6) is 0 Å². The van der Waals surface area contributed by atoms with Crippen LogP contribution in [-0.2, 0) is 4.79 Å². The number of carbonyl (C=O) groups is 1. The van der Waals surface area contributed by atoms with E-state index in [0.29, 0.717) is 11.9 Å². The normalized spacial score (nSPS) is 22.9. The molecular weight excluding hydrogens is 212 g/mol. The average molecular weight is 240 g/mol. The maximum Gasteiger partial charge on any atom is 0.225 e. The van der Waals surface area contributed by atoms with Crippen LogP contribution in [-0.4, -0.2) is 29.4 Å². The molecule has 0 aromatic carbocycles. The van der Waals surface area contributed by atoms with Gasteiger partial charge in [-0.05, 0) is 45.4 Å². The number of likely N-dealkylation sites (tertiary alicyclic amines) is 1. The van der Waals surface area contributed by atoms with E-state index in [0.717, 1.165) is 38.6 Å². The van der Waals surface area contributed by atoms with E-state index >= 15 is 0 Å². The maximum absolute atomic E-state index is 12.4. The summed E-state index contributed by atoms with van der Waals surface area (Å²) in [5, 5.41) is 0. The monoisotopic (exact) mass is 240 g/mol. The summed E-state index contributed by atoms with van der Waals surface area (Å²) in [5.74, 6) is 0.573. The highest BCUT2D eigenvalue weighted by Crippen LogP contribution is 2.24. The molecule has 1 aliphatic heterocycles. The van der Waals surface area contributed by atoms with Gasteiger partial charge in [0.2, 0.25) is 5.91 Å². The van der Waals surface area contributed by atoms with Crippen molar-refractivity contribution in [2.75, 3.05) is 6.54 Å². The van der Waals surface area contributed by atoms with E-state index in [4.69, 9.17) is 5.73 Å². The van der Waals surface area contributed by atoms with Gasteiger partial charge in [-0.25, -0.2) is 0 Å². The molecule has 0 aromatic rings. The summed E-state index contributed by atoms with van der Waals surface area (Å²) < 4.78 is 0. The van der Waals surface area contributed by atoms with Crippen molar-refractivity contribution in [2.24, 2.45) is 11.7 Å². The van der Waals surface area contributed by atoms with Gasteiger partial charge in [-0.3, -0.25) is 4.79 Å². The van der Waals surface area contributed by atoms with Gasteiger partial charge in [-0.15, -0.1) is 0 Å². The van der Waals surface area contributed by atoms with Crippen LogP contribution in [0.1, 0.15) is 59.3 Å². The minimum Gasteiger partial charge on any atom is -0.339 e. The first-order chi connectivity index (χ1) is 8.10. The zero-order valence-electron chi connectivity index (χ0n) is 11.6. The van der Waals surface area contributed by atoms with Crippen molar-refractivity contribution in [3.8, 4) is 0 Å². The van der Waals surface area contributed by atoms with Crippen LogP contribution in [0, 0.1) is 5.92 Å². The van der Waals surface area contributed by atoms with E-state index in [1.165, 1.54) is 6.42 Å². The summed E-state index contributed by atoms with van der Waals surface area (Å²) in [6.45, 7) is 7.19. The molecule has 0 bridgehead atoms. The van der Waals surface area contributed by atoms with Crippen LogP contribution in [0.25, 0.3) is 0 Å². The summed E-state index contributed by atoms with van der Waals surface area (Å²) in [4.78, 5) is 14.6. The Bertz CT molecular complexity index is 236. The Morgan fingerprint density at radius 3 is 2.53 bits per heavy atom. The Hall–Kier alpha value is -0.570. The zero-order chi connectivity index (χ0) is 12.8. The van der Waals surface area contributed by atoms with E-state index in [1.807, 2.05) is 6.92 Å². The SMILES string of the molecule is CCC(CC)C(=O)N1CCCCC1CC(C)N. The molecule has 2 atom stereocenters. The van der Waals surface area contributed by atoms with E-state index in [-0.39, 0.29) is 12.0 Å². The van der Waals surface area contributed by atoms with Gasteiger partial charge in [0.05, 0.1) is 0 Å². The molecule has 3 nitrogen and oxygen atoms in total. The zero-order valence-corrected chi connectivity index (χ0v) is 11.6. The highest BCUT2D eigenvalue weighted by Gasteiger charge is 2.30. The van der Waals surface area contributed by atoms with Crippen molar-refractivity contribution in [1.29, 1.82) is 0 Å². The smallest absolute Gasteiger partial charge is 0.225 e. The fourth-order valence-electron chi connectivity index (χ4n) is 2.84. The molecule has 1 aliphatic rings. The first-order valence-corrected chi connectivity index (χ1v) is 7.16. The molecule has 100 valence electrons. The highest BCUT2D eigenvalue weighted by atomic mass is 16.2. The Morgan fingerprint density at radius 1 is 1.35 bits per heavy atom. The third-order valence-corrected chi connectivity index (χ3v) is 3.89.